The van der Waals surface area contributed by atoms with Crippen LogP contribution in [0.3, 0.4) is 0 Å². The molecule has 0 aliphatic carbocycles. The number of nitrogens with one attached hydrogen (secondary N) is 1. The highest BCUT2D eigenvalue weighted by Crippen LogP contribution is 2.02. The van der Waals surface area contributed by atoms with Gasteiger partial charge in [0.2, 0.25) is 0 Å². The third-order valence-corrected chi connectivity index (χ3v) is 2.12. The number of ether oxygens (including phenoxy) is 1. The Balaban J connectivity index is 3.55. The quantitative estimate of drug-likeness (QED) is 0.580. The maximum atomic E-state index is 10.3. The maximum Gasteiger partial charge on any atom is 0.303 e. The third kappa shape index (κ3) is 6.86. The molecule has 0 aromatic heterocycles. The summed E-state index contributed by atoms with van der Waals surface area (Å²) in [5.74, 6) is -0.237. The van der Waals surface area contributed by atoms with E-state index in [-0.39, 0.29) is 6.42 Å². The van der Waals surface area contributed by atoms with Crippen LogP contribution in [0.4, 0.5) is 0 Å². The van der Waals surface area contributed by atoms with E-state index < -0.39 is 5.97 Å². The summed E-state index contributed by atoms with van der Waals surface area (Å²) in [6.45, 7) is 5.64. The summed E-state index contributed by atoms with van der Waals surface area (Å²) in [6, 6.07) is 0.314. The highest BCUT2D eigenvalue weighted by atomic mass is 16.5. The van der Waals surface area contributed by atoms with E-state index in [0.29, 0.717) is 25.0 Å². The standard InChI is InChI=1S/C10H21NO3/c1-8(2)9(7-14-3)11-6-4-5-10(12)13/h8-9,11H,4-7H2,1-3H3,(H,12,13). The zero-order chi connectivity index (χ0) is 11.0. The number of carboxylic acids is 1. The minimum absolute atomic E-state index is 0.227. The van der Waals surface area contributed by atoms with Gasteiger partial charge in [0.1, 0.15) is 0 Å². The minimum Gasteiger partial charge on any atom is -0.481 e. The number of aliphatic carboxylic acids is 1. The smallest absolute Gasteiger partial charge is 0.303 e. The first-order chi connectivity index (χ1) is 6.57. The molecule has 84 valence electrons. The van der Waals surface area contributed by atoms with Crippen LogP contribution in [0.15, 0.2) is 0 Å². The van der Waals surface area contributed by atoms with Crippen LogP contribution in [0.2, 0.25) is 0 Å². The van der Waals surface area contributed by atoms with E-state index in [9.17, 15) is 4.79 Å². The lowest BCUT2D eigenvalue weighted by Gasteiger charge is -2.21. The van der Waals surface area contributed by atoms with Crippen molar-refractivity contribution in [1.29, 1.82) is 0 Å². The normalized spacial score (nSPS) is 13.1. The fraction of sp³-hybridized carbons (Fsp3) is 0.900. The summed E-state index contributed by atoms with van der Waals surface area (Å²) in [5, 5.41) is 11.7. The largest absolute Gasteiger partial charge is 0.481 e. The molecule has 4 nitrogen and oxygen atoms in total. The summed E-state index contributed by atoms with van der Waals surface area (Å²) < 4.78 is 5.06. The first-order valence-corrected chi connectivity index (χ1v) is 5.02. The topological polar surface area (TPSA) is 58.6 Å². The molecule has 0 radical (unpaired) electrons. The van der Waals surface area contributed by atoms with Crippen molar-refractivity contribution in [2.24, 2.45) is 5.92 Å². The fourth-order valence-corrected chi connectivity index (χ4v) is 1.19. The molecular formula is C10H21NO3. The van der Waals surface area contributed by atoms with Gasteiger partial charge in [-0.3, -0.25) is 4.79 Å². The van der Waals surface area contributed by atoms with Crippen LogP contribution >= 0.6 is 0 Å². The molecule has 0 aliphatic heterocycles. The van der Waals surface area contributed by atoms with E-state index in [1.807, 2.05) is 0 Å². The van der Waals surface area contributed by atoms with Gasteiger partial charge in [0, 0.05) is 19.6 Å². The van der Waals surface area contributed by atoms with Crippen molar-refractivity contribution in [2.75, 3.05) is 20.3 Å². The van der Waals surface area contributed by atoms with Crippen molar-refractivity contribution in [2.45, 2.75) is 32.7 Å². The molecule has 2 N–H and O–H groups in total. The van der Waals surface area contributed by atoms with E-state index in [4.69, 9.17) is 9.84 Å². The molecule has 0 amide bonds. The summed E-state index contributed by atoms with van der Waals surface area (Å²) in [4.78, 5) is 10.3. The molecule has 0 aromatic carbocycles. The SMILES string of the molecule is COCC(NCCCC(=O)O)C(C)C. The Morgan fingerprint density at radius 3 is 2.57 bits per heavy atom. The Hall–Kier alpha value is -0.610. The lowest BCUT2D eigenvalue weighted by molar-refractivity contribution is -0.137. The number of carboxylic acid groups (broad SMARTS) is 1. The molecule has 0 fully saturated rings. The summed E-state index contributed by atoms with van der Waals surface area (Å²) in [7, 11) is 1.67. The Morgan fingerprint density at radius 1 is 1.50 bits per heavy atom. The van der Waals surface area contributed by atoms with Gasteiger partial charge in [-0.1, -0.05) is 13.8 Å². The molecule has 0 heterocycles. The van der Waals surface area contributed by atoms with E-state index in [2.05, 4.69) is 19.2 Å². The van der Waals surface area contributed by atoms with Gasteiger partial charge in [-0.05, 0) is 18.9 Å². The van der Waals surface area contributed by atoms with Gasteiger partial charge in [-0.2, -0.15) is 0 Å². The number of hydrogen-bond donors (Lipinski definition) is 2. The molecule has 1 unspecified atom stereocenters. The molecule has 0 bridgehead atoms. The minimum atomic E-state index is -0.736. The second kappa shape index (κ2) is 7.76. The van der Waals surface area contributed by atoms with Crippen molar-refractivity contribution in [3.63, 3.8) is 0 Å². The Bertz CT molecular complexity index is 159. The fourth-order valence-electron chi connectivity index (χ4n) is 1.19. The van der Waals surface area contributed by atoms with Crippen molar-refractivity contribution < 1.29 is 14.6 Å². The molecule has 0 saturated carbocycles. The number of rotatable bonds is 8. The number of methoxy groups -OCH3 is 1. The van der Waals surface area contributed by atoms with Crippen LogP contribution < -0.4 is 5.32 Å². The zero-order valence-corrected chi connectivity index (χ0v) is 9.25. The predicted molar refractivity (Wildman–Crippen MR) is 55.4 cm³/mol. The first kappa shape index (κ1) is 13.4. The van der Waals surface area contributed by atoms with Gasteiger partial charge in [0.15, 0.2) is 0 Å². The number of hydrogen-bond acceptors (Lipinski definition) is 3. The van der Waals surface area contributed by atoms with Crippen molar-refractivity contribution >= 4 is 5.97 Å². The van der Waals surface area contributed by atoms with Crippen LogP contribution in [-0.4, -0.2) is 37.4 Å². The van der Waals surface area contributed by atoms with Gasteiger partial charge in [-0.15, -0.1) is 0 Å². The predicted octanol–water partition coefficient (Wildman–Crippen LogP) is 1.11. The lowest BCUT2D eigenvalue weighted by Crippen LogP contribution is -2.38. The van der Waals surface area contributed by atoms with Crippen molar-refractivity contribution in [1.82, 2.24) is 5.32 Å². The molecule has 1 atom stereocenters. The summed E-state index contributed by atoms with van der Waals surface area (Å²) in [6.07, 6.45) is 0.896. The third-order valence-electron chi connectivity index (χ3n) is 2.12. The number of carbonyl (C=O) groups is 1. The molecule has 0 spiro atoms. The van der Waals surface area contributed by atoms with Gasteiger partial charge in [0.25, 0.3) is 0 Å². The highest BCUT2D eigenvalue weighted by Gasteiger charge is 2.11. The van der Waals surface area contributed by atoms with Crippen LogP contribution in [0.25, 0.3) is 0 Å². The molecule has 0 saturated heterocycles. The van der Waals surface area contributed by atoms with E-state index in [1.165, 1.54) is 0 Å². The monoisotopic (exact) mass is 203 g/mol. The van der Waals surface area contributed by atoms with Crippen LogP contribution in [-0.2, 0) is 9.53 Å². The van der Waals surface area contributed by atoms with Gasteiger partial charge in [-0.25, -0.2) is 0 Å². The molecule has 4 heteroatoms. The molecule has 0 rings (SSSR count). The van der Waals surface area contributed by atoms with E-state index in [1.54, 1.807) is 7.11 Å². The van der Waals surface area contributed by atoms with Gasteiger partial charge in [0.05, 0.1) is 6.61 Å². The van der Waals surface area contributed by atoms with Crippen molar-refractivity contribution in [3.05, 3.63) is 0 Å². The van der Waals surface area contributed by atoms with E-state index in [0.717, 1.165) is 6.54 Å². The second-order valence-electron chi connectivity index (χ2n) is 3.76. The average molecular weight is 203 g/mol. The van der Waals surface area contributed by atoms with Crippen LogP contribution in [0, 0.1) is 5.92 Å². The Labute approximate surface area is 85.6 Å². The molecule has 0 aromatic rings. The average Bonchev–Trinajstić information content (AvgIpc) is 2.09. The Morgan fingerprint density at radius 2 is 2.14 bits per heavy atom. The molecule has 0 aliphatic rings. The van der Waals surface area contributed by atoms with Crippen molar-refractivity contribution in [3.8, 4) is 0 Å². The van der Waals surface area contributed by atoms with Crippen LogP contribution in [0.1, 0.15) is 26.7 Å². The lowest BCUT2D eigenvalue weighted by atomic mass is 10.1. The molecular weight excluding hydrogens is 182 g/mol. The van der Waals surface area contributed by atoms with E-state index >= 15 is 0 Å². The maximum absolute atomic E-state index is 10.3. The van der Waals surface area contributed by atoms with Crippen LogP contribution in [0.5, 0.6) is 0 Å². The first-order valence-electron chi connectivity index (χ1n) is 5.02. The summed E-state index contributed by atoms with van der Waals surface area (Å²) >= 11 is 0. The van der Waals surface area contributed by atoms with Gasteiger partial charge < -0.3 is 15.2 Å². The zero-order valence-electron chi connectivity index (χ0n) is 9.25. The Kier molecular flexibility index (Phi) is 7.42. The highest BCUT2D eigenvalue weighted by molar-refractivity contribution is 5.66. The second-order valence-corrected chi connectivity index (χ2v) is 3.76. The molecule has 14 heavy (non-hydrogen) atoms. The van der Waals surface area contributed by atoms with Gasteiger partial charge >= 0.3 is 5.97 Å². The summed E-state index contributed by atoms with van der Waals surface area (Å²) in [5.41, 5.74) is 0.